The number of rotatable bonds is 5. The van der Waals surface area contributed by atoms with E-state index in [0.717, 1.165) is 11.1 Å². The molecule has 1 rings (SSSR count). The minimum absolute atomic E-state index is 0.00386. The van der Waals surface area contributed by atoms with Crippen LogP contribution >= 0.6 is 0 Å². The average Bonchev–Trinajstić information content (AvgIpc) is 2.22. The van der Waals surface area contributed by atoms with Gasteiger partial charge in [0.2, 0.25) is 5.91 Å². The highest BCUT2D eigenvalue weighted by Crippen LogP contribution is 2.27. The first-order chi connectivity index (χ1) is 8.04. The van der Waals surface area contributed by atoms with Crippen LogP contribution in [0, 0.1) is 13.8 Å². The second-order valence-corrected chi connectivity index (χ2v) is 4.05. The highest BCUT2D eigenvalue weighted by Gasteiger charge is 2.07. The summed E-state index contributed by atoms with van der Waals surface area (Å²) in [5, 5.41) is 2.72. The molecule has 0 aliphatic heterocycles. The third-order valence-corrected chi connectivity index (χ3v) is 2.40. The molecule has 0 aromatic heterocycles. The molecule has 0 bridgehead atoms. The highest BCUT2D eigenvalue weighted by atomic mass is 16.5. The summed E-state index contributed by atoms with van der Waals surface area (Å²) in [6.07, 6.45) is 0.348. The number of anilines is 1. The van der Waals surface area contributed by atoms with Gasteiger partial charge in [-0.2, -0.15) is 0 Å². The van der Waals surface area contributed by atoms with Gasteiger partial charge in [-0.25, -0.2) is 0 Å². The summed E-state index contributed by atoms with van der Waals surface area (Å²) in [7, 11) is 0. The number of carbonyl (C=O) groups excluding carboxylic acids is 1. The summed E-state index contributed by atoms with van der Waals surface area (Å²) >= 11 is 0. The van der Waals surface area contributed by atoms with Crippen molar-refractivity contribution in [2.75, 3.05) is 18.9 Å². The van der Waals surface area contributed by atoms with Crippen LogP contribution in [0.2, 0.25) is 0 Å². The summed E-state index contributed by atoms with van der Waals surface area (Å²) in [6, 6.07) is 3.88. The Hall–Kier alpha value is -1.71. The SMILES string of the molecule is CCNC(=O)CCOc1c(C)cc(C)cc1N. The van der Waals surface area contributed by atoms with Gasteiger partial charge in [-0.05, 0) is 38.0 Å². The van der Waals surface area contributed by atoms with Gasteiger partial charge in [-0.1, -0.05) is 6.07 Å². The zero-order chi connectivity index (χ0) is 12.8. The van der Waals surface area contributed by atoms with Gasteiger partial charge in [0.05, 0.1) is 18.7 Å². The number of hydrogen-bond acceptors (Lipinski definition) is 3. The van der Waals surface area contributed by atoms with Crippen molar-refractivity contribution in [1.82, 2.24) is 5.32 Å². The maximum absolute atomic E-state index is 11.2. The van der Waals surface area contributed by atoms with E-state index < -0.39 is 0 Å². The molecule has 0 aliphatic carbocycles. The molecule has 0 heterocycles. The van der Waals surface area contributed by atoms with Crippen LogP contribution in [0.1, 0.15) is 24.5 Å². The van der Waals surface area contributed by atoms with Crippen molar-refractivity contribution >= 4 is 11.6 Å². The molecule has 1 aromatic rings. The minimum Gasteiger partial charge on any atom is -0.491 e. The van der Waals surface area contributed by atoms with Crippen LogP contribution in [0.15, 0.2) is 12.1 Å². The Bertz CT molecular complexity index is 379. The number of ether oxygens (including phenoxy) is 1. The molecule has 17 heavy (non-hydrogen) atoms. The van der Waals surface area contributed by atoms with Gasteiger partial charge in [0, 0.05) is 6.54 Å². The van der Waals surface area contributed by atoms with E-state index in [-0.39, 0.29) is 5.91 Å². The number of amides is 1. The molecule has 1 aromatic carbocycles. The summed E-state index contributed by atoms with van der Waals surface area (Å²) in [6.45, 7) is 6.82. The number of aryl methyl sites for hydroxylation is 2. The number of benzene rings is 1. The molecule has 0 saturated carbocycles. The lowest BCUT2D eigenvalue weighted by Crippen LogP contribution is -2.24. The van der Waals surface area contributed by atoms with Crippen LogP contribution in [-0.2, 0) is 4.79 Å². The molecule has 0 fully saturated rings. The quantitative estimate of drug-likeness (QED) is 0.766. The van der Waals surface area contributed by atoms with Crippen molar-refractivity contribution in [3.8, 4) is 5.75 Å². The van der Waals surface area contributed by atoms with Crippen molar-refractivity contribution in [3.05, 3.63) is 23.3 Å². The number of hydrogen-bond donors (Lipinski definition) is 2. The van der Waals surface area contributed by atoms with Gasteiger partial charge >= 0.3 is 0 Å². The lowest BCUT2D eigenvalue weighted by atomic mass is 10.1. The fraction of sp³-hybridized carbons (Fsp3) is 0.462. The summed E-state index contributed by atoms with van der Waals surface area (Å²) in [4.78, 5) is 11.2. The normalized spacial score (nSPS) is 10.1. The van der Waals surface area contributed by atoms with Crippen molar-refractivity contribution in [3.63, 3.8) is 0 Å². The molecule has 0 saturated heterocycles. The summed E-state index contributed by atoms with van der Waals surface area (Å²) in [5.74, 6) is 0.677. The van der Waals surface area contributed by atoms with Crippen molar-refractivity contribution in [2.24, 2.45) is 0 Å². The number of nitrogen functional groups attached to an aromatic ring is 1. The molecule has 0 radical (unpaired) electrons. The predicted octanol–water partition coefficient (Wildman–Crippen LogP) is 1.79. The molecule has 4 heteroatoms. The van der Waals surface area contributed by atoms with Gasteiger partial charge in [0.25, 0.3) is 0 Å². The van der Waals surface area contributed by atoms with Crippen molar-refractivity contribution in [2.45, 2.75) is 27.2 Å². The molecule has 94 valence electrons. The van der Waals surface area contributed by atoms with E-state index in [1.807, 2.05) is 32.9 Å². The highest BCUT2D eigenvalue weighted by molar-refractivity contribution is 5.75. The Labute approximate surface area is 102 Å². The number of carbonyl (C=O) groups is 1. The molecule has 3 N–H and O–H groups in total. The maximum atomic E-state index is 11.2. The molecule has 0 unspecified atom stereocenters. The zero-order valence-electron chi connectivity index (χ0n) is 10.7. The van der Waals surface area contributed by atoms with E-state index in [2.05, 4.69) is 5.32 Å². The molecule has 0 aliphatic rings. The summed E-state index contributed by atoms with van der Waals surface area (Å²) in [5.41, 5.74) is 8.60. The predicted molar refractivity (Wildman–Crippen MR) is 69.1 cm³/mol. The van der Waals surface area contributed by atoms with Crippen LogP contribution in [0.5, 0.6) is 5.75 Å². The molecule has 1 amide bonds. The smallest absolute Gasteiger partial charge is 0.223 e. The largest absolute Gasteiger partial charge is 0.491 e. The minimum atomic E-state index is -0.00386. The third kappa shape index (κ3) is 3.98. The van der Waals surface area contributed by atoms with Crippen molar-refractivity contribution in [1.29, 1.82) is 0 Å². The Balaban J connectivity index is 2.55. The Kier molecular flexibility index (Phi) is 4.82. The Morgan fingerprint density at radius 2 is 2.12 bits per heavy atom. The van der Waals surface area contributed by atoms with E-state index >= 15 is 0 Å². The lowest BCUT2D eigenvalue weighted by molar-refractivity contribution is -0.121. The van der Waals surface area contributed by atoms with E-state index in [0.29, 0.717) is 31.0 Å². The van der Waals surface area contributed by atoms with E-state index in [9.17, 15) is 4.79 Å². The standard InChI is InChI=1S/C13H20N2O2/c1-4-15-12(16)5-6-17-13-10(3)7-9(2)8-11(13)14/h7-8H,4-6,14H2,1-3H3,(H,15,16). The monoisotopic (exact) mass is 236 g/mol. The maximum Gasteiger partial charge on any atom is 0.223 e. The Morgan fingerprint density at radius 3 is 2.71 bits per heavy atom. The topological polar surface area (TPSA) is 64.3 Å². The summed E-state index contributed by atoms with van der Waals surface area (Å²) < 4.78 is 5.55. The Morgan fingerprint density at radius 1 is 1.41 bits per heavy atom. The second-order valence-electron chi connectivity index (χ2n) is 4.05. The van der Waals surface area contributed by atoms with Gasteiger partial charge in [-0.3, -0.25) is 4.79 Å². The van der Waals surface area contributed by atoms with E-state index in [4.69, 9.17) is 10.5 Å². The number of nitrogens with two attached hydrogens (primary N) is 1. The van der Waals surface area contributed by atoms with Crippen molar-refractivity contribution < 1.29 is 9.53 Å². The average molecular weight is 236 g/mol. The first-order valence-electron chi connectivity index (χ1n) is 5.80. The van der Waals surface area contributed by atoms with Crippen LogP contribution < -0.4 is 15.8 Å². The lowest BCUT2D eigenvalue weighted by Gasteiger charge is -2.12. The van der Waals surface area contributed by atoms with Gasteiger partial charge in [0.1, 0.15) is 5.75 Å². The molecule has 0 spiro atoms. The fourth-order valence-corrected chi connectivity index (χ4v) is 1.72. The molecule has 0 atom stereocenters. The van der Waals surface area contributed by atoms with E-state index in [1.165, 1.54) is 0 Å². The zero-order valence-corrected chi connectivity index (χ0v) is 10.7. The van der Waals surface area contributed by atoms with Crippen LogP contribution in [0.25, 0.3) is 0 Å². The van der Waals surface area contributed by atoms with Crippen LogP contribution in [-0.4, -0.2) is 19.1 Å². The number of nitrogens with one attached hydrogen (secondary N) is 1. The van der Waals surface area contributed by atoms with Gasteiger partial charge < -0.3 is 15.8 Å². The fourth-order valence-electron chi connectivity index (χ4n) is 1.72. The van der Waals surface area contributed by atoms with E-state index in [1.54, 1.807) is 0 Å². The second kappa shape index (κ2) is 6.13. The molecule has 4 nitrogen and oxygen atoms in total. The molecular weight excluding hydrogens is 216 g/mol. The van der Waals surface area contributed by atoms with Crippen LogP contribution in [0.4, 0.5) is 5.69 Å². The van der Waals surface area contributed by atoms with Crippen LogP contribution in [0.3, 0.4) is 0 Å². The van der Waals surface area contributed by atoms with Gasteiger partial charge in [-0.15, -0.1) is 0 Å². The molecular formula is C13H20N2O2. The first kappa shape index (κ1) is 13.4. The third-order valence-electron chi connectivity index (χ3n) is 2.40. The van der Waals surface area contributed by atoms with Gasteiger partial charge in [0.15, 0.2) is 0 Å². The first-order valence-corrected chi connectivity index (χ1v) is 5.80.